The minimum Gasteiger partial charge on any atom is -0.508 e. The van der Waals surface area contributed by atoms with Crippen LogP contribution in [0.2, 0.25) is 0 Å². The van der Waals surface area contributed by atoms with Crippen molar-refractivity contribution in [3.63, 3.8) is 0 Å². The molecule has 13 heavy (non-hydrogen) atoms. The van der Waals surface area contributed by atoms with Crippen LogP contribution in [-0.2, 0) is 6.42 Å². The molecule has 0 saturated carbocycles. The zero-order valence-electron chi connectivity index (χ0n) is 7.75. The van der Waals surface area contributed by atoms with Crippen LogP contribution < -0.4 is 0 Å². The number of fused-ring (bicyclic) bond motifs is 1. The molecule has 0 aliphatic heterocycles. The molecule has 0 heterocycles. The Morgan fingerprint density at radius 2 is 2.15 bits per heavy atom. The van der Waals surface area contributed by atoms with Crippen LogP contribution in [0.1, 0.15) is 35.6 Å². The fourth-order valence-electron chi connectivity index (χ4n) is 2.08. The van der Waals surface area contributed by atoms with Crippen LogP contribution in [0.15, 0.2) is 12.1 Å². The Labute approximate surface area is 77.8 Å². The second kappa shape index (κ2) is 3.04. The quantitative estimate of drug-likeness (QED) is 0.638. The number of hydrogen-bond donors (Lipinski definition) is 2. The zero-order valence-corrected chi connectivity index (χ0v) is 7.75. The van der Waals surface area contributed by atoms with Crippen molar-refractivity contribution in [2.45, 2.75) is 32.3 Å². The van der Waals surface area contributed by atoms with Crippen LogP contribution >= 0.6 is 0 Å². The largest absolute Gasteiger partial charge is 0.508 e. The summed E-state index contributed by atoms with van der Waals surface area (Å²) in [7, 11) is 0. The molecule has 70 valence electrons. The summed E-state index contributed by atoms with van der Waals surface area (Å²) in [6, 6.07) is 3.58. The molecule has 1 aromatic carbocycles. The molecule has 2 heteroatoms. The number of benzene rings is 1. The van der Waals surface area contributed by atoms with E-state index in [0.29, 0.717) is 0 Å². The molecule has 0 saturated heterocycles. The van der Waals surface area contributed by atoms with Crippen LogP contribution in [0.4, 0.5) is 0 Å². The SMILES string of the molecule is Cc1ccc(O)c2c1CCCC2O. The van der Waals surface area contributed by atoms with E-state index in [2.05, 4.69) is 0 Å². The Hall–Kier alpha value is -1.02. The van der Waals surface area contributed by atoms with E-state index in [1.165, 1.54) is 5.56 Å². The lowest BCUT2D eigenvalue weighted by Gasteiger charge is -2.23. The van der Waals surface area contributed by atoms with Crippen LogP contribution in [0.25, 0.3) is 0 Å². The topological polar surface area (TPSA) is 40.5 Å². The summed E-state index contributed by atoms with van der Waals surface area (Å²) in [5.41, 5.74) is 3.07. The van der Waals surface area contributed by atoms with E-state index in [1.54, 1.807) is 6.07 Å². The summed E-state index contributed by atoms with van der Waals surface area (Å²) in [5.74, 6) is 0.243. The lowest BCUT2D eigenvalue weighted by molar-refractivity contribution is 0.152. The summed E-state index contributed by atoms with van der Waals surface area (Å²) >= 11 is 0. The first-order chi connectivity index (χ1) is 6.20. The van der Waals surface area contributed by atoms with Gasteiger partial charge in [-0.2, -0.15) is 0 Å². The van der Waals surface area contributed by atoms with E-state index in [1.807, 2.05) is 13.0 Å². The molecule has 0 bridgehead atoms. The molecule has 1 aromatic rings. The molecule has 2 rings (SSSR count). The van der Waals surface area contributed by atoms with Crippen LogP contribution in [0.3, 0.4) is 0 Å². The summed E-state index contributed by atoms with van der Waals surface area (Å²) < 4.78 is 0. The lowest BCUT2D eigenvalue weighted by atomic mass is 9.86. The summed E-state index contributed by atoms with van der Waals surface area (Å²) in [5, 5.41) is 19.3. The van der Waals surface area contributed by atoms with Crippen LogP contribution in [0.5, 0.6) is 5.75 Å². The van der Waals surface area contributed by atoms with Gasteiger partial charge in [-0.05, 0) is 43.4 Å². The normalized spacial score (nSPS) is 21.2. The summed E-state index contributed by atoms with van der Waals surface area (Å²) in [6.07, 6.45) is 2.29. The molecular formula is C11H14O2. The molecule has 0 fully saturated rings. The third-order valence-corrected chi connectivity index (χ3v) is 2.81. The maximum atomic E-state index is 9.71. The Bertz CT molecular complexity index is 331. The van der Waals surface area contributed by atoms with Gasteiger partial charge in [-0.1, -0.05) is 6.07 Å². The third-order valence-electron chi connectivity index (χ3n) is 2.81. The van der Waals surface area contributed by atoms with E-state index in [9.17, 15) is 10.2 Å². The summed E-state index contributed by atoms with van der Waals surface area (Å²) in [4.78, 5) is 0. The maximum Gasteiger partial charge on any atom is 0.121 e. The number of aromatic hydroxyl groups is 1. The molecule has 2 N–H and O–H groups in total. The average Bonchev–Trinajstić information content (AvgIpc) is 2.12. The van der Waals surface area contributed by atoms with Gasteiger partial charge in [-0.3, -0.25) is 0 Å². The number of rotatable bonds is 0. The highest BCUT2D eigenvalue weighted by atomic mass is 16.3. The van der Waals surface area contributed by atoms with Crippen molar-refractivity contribution in [3.05, 3.63) is 28.8 Å². The van der Waals surface area contributed by atoms with Crippen molar-refractivity contribution in [1.29, 1.82) is 0 Å². The van der Waals surface area contributed by atoms with E-state index >= 15 is 0 Å². The molecule has 2 nitrogen and oxygen atoms in total. The van der Waals surface area contributed by atoms with Crippen molar-refractivity contribution in [2.24, 2.45) is 0 Å². The highest BCUT2D eigenvalue weighted by molar-refractivity contribution is 5.46. The molecule has 1 unspecified atom stereocenters. The predicted molar refractivity (Wildman–Crippen MR) is 50.7 cm³/mol. The Morgan fingerprint density at radius 1 is 1.38 bits per heavy atom. The first-order valence-electron chi connectivity index (χ1n) is 4.69. The van der Waals surface area contributed by atoms with Gasteiger partial charge >= 0.3 is 0 Å². The number of aryl methyl sites for hydroxylation is 1. The van der Waals surface area contributed by atoms with Gasteiger partial charge in [0.2, 0.25) is 0 Å². The van der Waals surface area contributed by atoms with E-state index < -0.39 is 6.10 Å². The monoisotopic (exact) mass is 178 g/mol. The molecule has 0 radical (unpaired) electrons. The minimum absolute atomic E-state index is 0.243. The van der Waals surface area contributed by atoms with Crippen LogP contribution in [0, 0.1) is 6.92 Å². The average molecular weight is 178 g/mol. The number of aliphatic hydroxyl groups excluding tert-OH is 1. The van der Waals surface area contributed by atoms with Gasteiger partial charge in [0.25, 0.3) is 0 Å². The van der Waals surface area contributed by atoms with Crippen molar-refractivity contribution >= 4 is 0 Å². The molecule has 0 aromatic heterocycles. The van der Waals surface area contributed by atoms with Crippen molar-refractivity contribution in [1.82, 2.24) is 0 Å². The smallest absolute Gasteiger partial charge is 0.121 e. The van der Waals surface area contributed by atoms with Gasteiger partial charge in [-0.15, -0.1) is 0 Å². The standard InChI is InChI=1S/C11H14O2/c1-7-5-6-10(13)11-8(7)3-2-4-9(11)12/h5-6,9,12-13H,2-4H2,1H3. The maximum absolute atomic E-state index is 9.71. The Kier molecular flexibility index (Phi) is 2.00. The van der Waals surface area contributed by atoms with Crippen molar-refractivity contribution in [2.75, 3.05) is 0 Å². The number of hydrogen-bond acceptors (Lipinski definition) is 2. The molecule has 1 atom stereocenters. The molecular weight excluding hydrogens is 164 g/mol. The van der Waals surface area contributed by atoms with Crippen LogP contribution in [-0.4, -0.2) is 10.2 Å². The molecule has 0 amide bonds. The van der Waals surface area contributed by atoms with Gasteiger partial charge < -0.3 is 10.2 Å². The summed E-state index contributed by atoms with van der Waals surface area (Å²) in [6.45, 7) is 2.02. The number of aliphatic hydroxyl groups is 1. The lowest BCUT2D eigenvalue weighted by Crippen LogP contribution is -2.10. The Morgan fingerprint density at radius 3 is 2.85 bits per heavy atom. The first kappa shape index (κ1) is 8.57. The van der Waals surface area contributed by atoms with E-state index in [-0.39, 0.29) is 5.75 Å². The molecule has 1 aliphatic rings. The van der Waals surface area contributed by atoms with Gasteiger partial charge in [0.1, 0.15) is 5.75 Å². The number of phenols is 1. The minimum atomic E-state index is -0.469. The van der Waals surface area contributed by atoms with Gasteiger partial charge in [0.15, 0.2) is 0 Å². The van der Waals surface area contributed by atoms with Crippen molar-refractivity contribution in [3.8, 4) is 5.75 Å². The second-order valence-corrected chi connectivity index (χ2v) is 3.70. The van der Waals surface area contributed by atoms with Crippen molar-refractivity contribution < 1.29 is 10.2 Å². The van der Waals surface area contributed by atoms with Gasteiger partial charge in [0, 0.05) is 5.56 Å². The fraction of sp³-hybridized carbons (Fsp3) is 0.455. The van der Waals surface area contributed by atoms with Gasteiger partial charge in [-0.25, -0.2) is 0 Å². The highest BCUT2D eigenvalue weighted by Crippen LogP contribution is 2.37. The number of phenolic OH excluding ortho intramolecular Hbond substituents is 1. The predicted octanol–water partition coefficient (Wildman–Crippen LogP) is 2.07. The van der Waals surface area contributed by atoms with Gasteiger partial charge in [0.05, 0.1) is 6.10 Å². The Balaban J connectivity index is 2.60. The first-order valence-corrected chi connectivity index (χ1v) is 4.69. The molecule has 0 spiro atoms. The molecule has 1 aliphatic carbocycles. The third kappa shape index (κ3) is 1.31. The van der Waals surface area contributed by atoms with E-state index in [0.717, 1.165) is 30.4 Å². The fourth-order valence-corrected chi connectivity index (χ4v) is 2.08. The van der Waals surface area contributed by atoms with E-state index in [4.69, 9.17) is 0 Å². The highest BCUT2D eigenvalue weighted by Gasteiger charge is 2.22. The second-order valence-electron chi connectivity index (χ2n) is 3.70. The zero-order chi connectivity index (χ0) is 9.42.